The maximum atomic E-state index is 11.6. The molecule has 3 aromatic carbocycles. The van der Waals surface area contributed by atoms with E-state index in [2.05, 4.69) is 23.2 Å². The maximum absolute atomic E-state index is 11.6. The molecule has 5 rings (SSSR count). The van der Waals surface area contributed by atoms with E-state index in [-0.39, 0.29) is 0 Å². The summed E-state index contributed by atoms with van der Waals surface area (Å²) in [5.41, 5.74) is 14.9. The molecule has 0 spiro atoms. The van der Waals surface area contributed by atoms with Crippen LogP contribution >= 0.6 is 0 Å². The smallest absolute Gasteiger partial charge is 0.149 e. The van der Waals surface area contributed by atoms with Crippen molar-refractivity contribution < 1.29 is 0 Å². The highest BCUT2D eigenvalue weighted by Gasteiger charge is 2.46. The maximum Gasteiger partial charge on any atom is 0.149 e. The molecule has 1 unspecified atom stereocenters. The summed E-state index contributed by atoms with van der Waals surface area (Å²) in [6.07, 6.45) is 3.95. The molecule has 2 nitrogen and oxygen atoms in total. The number of hydrogen-bond acceptors (Lipinski definition) is 1. The van der Waals surface area contributed by atoms with Crippen LogP contribution in [0.3, 0.4) is 0 Å². The molecule has 0 saturated carbocycles. The van der Waals surface area contributed by atoms with Crippen LogP contribution in [0.25, 0.3) is 16.8 Å². The van der Waals surface area contributed by atoms with Crippen molar-refractivity contribution >= 4 is 28.2 Å². The van der Waals surface area contributed by atoms with Gasteiger partial charge in [-0.15, -0.1) is 5.73 Å². The largest absolute Gasteiger partial charge is 0.250 e. The molecule has 1 heterocycles. The summed E-state index contributed by atoms with van der Waals surface area (Å²) in [6.45, 7) is 0. The van der Waals surface area contributed by atoms with Gasteiger partial charge in [0.05, 0.1) is 11.4 Å². The fourth-order valence-electron chi connectivity index (χ4n) is 3.64. The standard InChI is InChI=1S/C20H12N2/c21-20-16-8-4-2-6-14(16)10-12-18(20)22-17-11-9-13-5-1-3-7-15(13)19(17)20/h1-12H. The van der Waals surface area contributed by atoms with E-state index < -0.39 is 5.54 Å². The van der Waals surface area contributed by atoms with E-state index in [0.29, 0.717) is 5.71 Å². The van der Waals surface area contributed by atoms with Gasteiger partial charge in [0.1, 0.15) is 5.54 Å². The lowest BCUT2D eigenvalue weighted by molar-refractivity contribution is 0.722. The number of rotatable bonds is 0. The lowest BCUT2D eigenvalue weighted by Gasteiger charge is -2.29. The second-order valence-electron chi connectivity index (χ2n) is 5.81. The Balaban J connectivity index is 1.94. The Labute approximate surface area is 128 Å². The first-order valence-corrected chi connectivity index (χ1v) is 7.40. The Morgan fingerprint density at radius 2 is 1.64 bits per heavy atom. The van der Waals surface area contributed by atoms with Crippen molar-refractivity contribution in [2.24, 2.45) is 4.99 Å². The number of nitrogens with zero attached hydrogens (tertiary/aromatic N) is 2. The minimum absolute atomic E-state index is 0.706. The van der Waals surface area contributed by atoms with Crippen molar-refractivity contribution in [3.8, 4) is 0 Å². The summed E-state index contributed by atoms with van der Waals surface area (Å²) in [5.74, 6) is 0. The SMILES string of the molecule is [N]C12C(=Nc3ccc4ccccc4c31)C=Cc1ccccc12. The molecule has 2 heteroatoms. The van der Waals surface area contributed by atoms with Gasteiger partial charge < -0.3 is 0 Å². The molecule has 0 amide bonds. The number of hydrogen-bond donors (Lipinski definition) is 0. The lowest BCUT2D eigenvalue weighted by atomic mass is 9.74. The van der Waals surface area contributed by atoms with Gasteiger partial charge in [0.25, 0.3) is 0 Å². The van der Waals surface area contributed by atoms with E-state index in [4.69, 9.17) is 0 Å². The molecule has 1 atom stereocenters. The van der Waals surface area contributed by atoms with E-state index >= 15 is 0 Å². The van der Waals surface area contributed by atoms with E-state index in [1.54, 1.807) is 0 Å². The molecule has 102 valence electrons. The molecule has 22 heavy (non-hydrogen) atoms. The Bertz CT molecular complexity index is 998. The molecular weight excluding hydrogens is 268 g/mol. The first kappa shape index (κ1) is 11.9. The Hall–Kier alpha value is -2.71. The Morgan fingerprint density at radius 3 is 2.59 bits per heavy atom. The second-order valence-corrected chi connectivity index (χ2v) is 5.81. The number of aliphatic imine (C=N–C) groups is 1. The van der Waals surface area contributed by atoms with E-state index in [0.717, 1.165) is 33.2 Å². The second kappa shape index (κ2) is 3.93. The van der Waals surface area contributed by atoms with Crippen LogP contribution < -0.4 is 5.73 Å². The average molecular weight is 280 g/mol. The average Bonchev–Trinajstić information content (AvgIpc) is 2.88. The highest BCUT2D eigenvalue weighted by molar-refractivity contribution is 6.17. The highest BCUT2D eigenvalue weighted by Crippen LogP contribution is 2.48. The van der Waals surface area contributed by atoms with E-state index in [1.807, 2.05) is 54.6 Å². The summed E-state index contributed by atoms with van der Waals surface area (Å²) in [4.78, 5) is 4.67. The summed E-state index contributed by atoms with van der Waals surface area (Å²) >= 11 is 0. The molecule has 2 radical (unpaired) electrons. The first-order valence-electron chi connectivity index (χ1n) is 7.40. The van der Waals surface area contributed by atoms with Crippen LogP contribution in [-0.2, 0) is 5.54 Å². The fraction of sp³-hybridized carbons (Fsp3) is 0.0500. The number of benzene rings is 3. The third-order valence-corrected chi connectivity index (χ3v) is 4.65. The molecule has 0 N–H and O–H groups in total. The lowest BCUT2D eigenvalue weighted by Crippen LogP contribution is -2.37. The van der Waals surface area contributed by atoms with Gasteiger partial charge in [-0.1, -0.05) is 60.7 Å². The summed E-state index contributed by atoms with van der Waals surface area (Å²) in [5, 5.41) is 2.18. The number of fused-ring (bicyclic) bond motifs is 7. The molecule has 0 saturated heterocycles. The van der Waals surface area contributed by atoms with Gasteiger partial charge in [0, 0.05) is 5.56 Å². The minimum Gasteiger partial charge on any atom is -0.250 e. The topological polar surface area (TPSA) is 34.7 Å². The molecule has 1 aliphatic heterocycles. The predicted molar refractivity (Wildman–Crippen MR) is 89.4 cm³/mol. The normalized spacial score (nSPS) is 21.2. The third-order valence-electron chi connectivity index (χ3n) is 4.65. The monoisotopic (exact) mass is 280 g/mol. The Kier molecular flexibility index (Phi) is 2.13. The van der Waals surface area contributed by atoms with Crippen LogP contribution in [-0.4, -0.2) is 5.71 Å². The van der Waals surface area contributed by atoms with Crippen LogP contribution in [0.15, 0.2) is 71.7 Å². The molecule has 0 bridgehead atoms. The van der Waals surface area contributed by atoms with Gasteiger partial charge in [-0.2, -0.15) is 0 Å². The quantitative estimate of drug-likeness (QED) is 0.589. The van der Waals surface area contributed by atoms with Gasteiger partial charge in [-0.25, -0.2) is 0 Å². The van der Waals surface area contributed by atoms with Gasteiger partial charge in [-0.05, 0) is 34.0 Å². The molecule has 0 fully saturated rings. The van der Waals surface area contributed by atoms with Crippen LogP contribution in [0.1, 0.15) is 16.7 Å². The minimum atomic E-state index is -1.15. The Morgan fingerprint density at radius 1 is 0.818 bits per heavy atom. The van der Waals surface area contributed by atoms with Crippen LogP contribution in [0.2, 0.25) is 0 Å². The highest BCUT2D eigenvalue weighted by atomic mass is 14.9. The molecule has 3 aromatic rings. The van der Waals surface area contributed by atoms with Gasteiger partial charge in [-0.3, -0.25) is 4.99 Å². The molecule has 1 aliphatic carbocycles. The van der Waals surface area contributed by atoms with Gasteiger partial charge in [0.15, 0.2) is 0 Å². The van der Waals surface area contributed by atoms with Crippen molar-refractivity contribution in [3.05, 3.63) is 83.4 Å². The van der Waals surface area contributed by atoms with Crippen LogP contribution in [0.4, 0.5) is 5.69 Å². The summed E-state index contributed by atoms with van der Waals surface area (Å²) in [7, 11) is 0. The van der Waals surface area contributed by atoms with Crippen molar-refractivity contribution in [3.63, 3.8) is 0 Å². The van der Waals surface area contributed by atoms with Crippen molar-refractivity contribution in [1.29, 1.82) is 0 Å². The van der Waals surface area contributed by atoms with Crippen LogP contribution in [0.5, 0.6) is 0 Å². The van der Waals surface area contributed by atoms with E-state index in [1.165, 1.54) is 0 Å². The molecule has 0 aromatic heterocycles. The molecular formula is C20H12N2. The summed E-state index contributed by atoms with van der Waals surface area (Å²) < 4.78 is 0. The van der Waals surface area contributed by atoms with Crippen molar-refractivity contribution in [2.45, 2.75) is 5.54 Å². The third kappa shape index (κ3) is 1.31. The van der Waals surface area contributed by atoms with Gasteiger partial charge in [0.2, 0.25) is 0 Å². The predicted octanol–water partition coefficient (Wildman–Crippen LogP) is 4.27. The van der Waals surface area contributed by atoms with Crippen LogP contribution in [0, 0.1) is 0 Å². The zero-order chi connectivity index (χ0) is 14.7. The van der Waals surface area contributed by atoms with E-state index in [9.17, 15) is 5.73 Å². The van der Waals surface area contributed by atoms with Gasteiger partial charge >= 0.3 is 0 Å². The summed E-state index contributed by atoms with van der Waals surface area (Å²) in [6, 6.07) is 20.2. The fourth-order valence-corrected chi connectivity index (χ4v) is 3.64. The zero-order valence-corrected chi connectivity index (χ0v) is 11.8. The van der Waals surface area contributed by atoms with Crippen molar-refractivity contribution in [2.75, 3.05) is 0 Å². The first-order chi connectivity index (χ1) is 10.8. The van der Waals surface area contributed by atoms with Crippen molar-refractivity contribution in [1.82, 2.24) is 5.73 Å². The zero-order valence-electron chi connectivity index (χ0n) is 11.8. The molecule has 2 aliphatic rings.